The molecule has 4 unspecified atom stereocenters. The van der Waals surface area contributed by atoms with Crippen LogP contribution >= 0.6 is 92.8 Å². The van der Waals surface area contributed by atoms with Crippen LogP contribution in [0.2, 0.25) is 0 Å². The first kappa shape index (κ1) is 24.4. The average Bonchev–Trinajstić information content (AvgIpc) is 3.44. The highest BCUT2D eigenvalue weighted by Gasteiger charge is 2.83. The van der Waals surface area contributed by atoms with Gasteiger partial charge in [0.05, 0.1) is 5.56 Å². The molecule has 4 atom stereocenters. The van der Waals surface area contributed by atoms with Crippen molar-refractivity contribution in [1.82, 2.24) is 0 Å². The molecule has 2 aliphatic heterocycles. The average molecular weight is 590 g/mol. The molecule has 2 saturated heterocycles. The van der Waals surface area contributed by atoms with Gasteiger partial charge < -0.3 is 24.4 Å². The highest BCUT2D eigenvalue weighted by atomic mass is 35.5. The minimum absolute atomic E-state index is 0.250. The van der Waals surface area contributed by atoms with E-state index in [4.69, 9.17) is 107 Å². The number of rotatable bonds is 6. The Morgan fingerprint density at radius 1 is 0.871 bits per heavy atom. The van der Waals surface area contributed by atoms with Gasteiger partial charge in [-0.05, 0) is 23.3 Å². The lowest BCUT2D eigenvalue weighted by Crippen LogP contribution is -2.44. The molecule has 2 N–H and O–H groups in total. The topological polar surface area (TPSA) is 74.8 Å². The maximum Gasteiger partial charge on any atom is 0.268 e. The molecular weight excluding hydrogens is 580 g/mol. The van der Waals surface area contributed by atoms with Gasteiger partial charge in [0.25, 0.3) is 9.04 Å². The molecular formula is C18H10Cl8O5. The Bertz CT molecular complexity index is 1040. The number of aromatic hydroxyl groups is 2. The lowest BCUT2D eigenvalue weighted by atomic mass is 9.92. The maximum absolute atomic E-state index is 10.8. The SMILES string of the molecule is Oc1ccc(-c2ccccc2)c(C(Cl)(OC(Cl)C2(Cl)OC2(Cl)Cl)C2(Cl)OC2(Cl)Cl)c1O. The van der Waals surface area contributed by atoms with Gasteiger partial charge in [0.1, 0.15) is 0 Å². The molecule has 2 aromatic carbocycles. The van der Waals surface area contributed by atoms with Crippen LogP contribution in [-0.4, -0.2) is 34.9 Å². The standard InChI is InChI=1S/C18H10Cl8O5/c19-13(15(21)17(23,24)30-15)29-14(20,16(22)18(25,26)31-16)11-9(6-7-10(27)12(11)28)8-4-2-1-3-5-8/h1-7,13,27-28H. The van der Waals surface area contributed by atoms with Crippen LogP contribution in [0.25, 0.3) is 11.1 Å². The predicted octanol–water partition coefficient (Wildman–Crippen LogP) is 6.93. The summed E-state index contributed by atoms with van der Waals surface area (Å²) in [6.07, 6.45) is 0. The largest absolute Gasteiger partial charge is 0.504 e. The highest BCUT2D eigenvalue weighted by molar-refractivity contribution is 6.57. The molecule has 168 valence electrons. The molecule has 2 fully saturated rings. The second-order valence-electron chi connectivity index (χ2n) is 6.73. The lowest BCUT2D eigenvalue weighted by molar-refractivity contribution is -0.0497. The number of hydrogen-bond acceptors (Lipinski definition) is 5. The maximum atomic E-state index is 10.8. The highest BCUT2D eigenvalue weighted by Crippen LogP contribution is 2.72. The van der Waals surface area contributed by atoms with Crippen molar-refractivity contribution in [2.45, 2.75) is 29.8 Å². The molecule has 0 radical (unpaired) electrons. The third-order valence-corrected chi connectivity index (χ3v) is 8.86. The normalized spacial score (nSPS) is 31.0. The fourth-order valence-electron chi connectivity index (χ4n) is 3.02. The van der Waals surface area contributed by atoms with E-state index in [1.807, 2.05) is 0 Å². The third kappa shape index (κ3) is 3.65. The van der Waals surface area contributed by atoms with Crippen molar-refractivity contribution in [3.05, 3.63) is 48.0 Å². The summed E-state index contributed by atoms with van der Waals surface area (Å²) in [6.45, 7) is 0. The Labute approximate surface area is 216 Å². The number of alkyl halides is 8. The first-order chi connectivity index (χ1) is 14.2. The van der Waals surface area contributed by atoms with Crippen molar-refractivity contribution in [3.8, 4) is 22.6 Å². The number of halogens is 8. The van der Waals surface area contributed by atoms with Crippen LogP contribution in [0.5, 0.6) is 11.5 Å². The molecule has 5 nitrogen and oxygen atoms in total. The van der Waals surface area contributed by atoms with E-state index in [1.165, 1.54) is 12.1 Å². The molecule has 2 heterocycles. The predicted molar refractivity (Wildman–Crippen MR) is 122 cm³/mol. The van der Waals surface area contributed by atoms with Gasteiger partial charge in [-0.1, -0.05) is 123 Å². The van der Waals surface area contributed by atoms with Gasteiger partial charge >= 0.3 is 0 Å². The number of epoxide rings is 2. The van der Waals surface area contributed by atoms with Crippen LogP contribution in [0.15, 0.2) is 42.5 Å². The molecule has 2 aliphatic rings. The van der Waals surface area contributed by atoms with Crippen LogP contribution < -0.4 is 0 Å². The molecule has 13 heteroatoms. The Balaban J connectivity index is 1.91. The summed E-state index contributed by atoms with van der Waals surface area (Å²) in [4.78, 5) is 0. The number of benzene rings is 2. The minimum Gasteiger partial charge on any atom is -0.504 e. The summed E-state index contributed by atoms with van der Waals surface area (Å²) in [5.41, 5.74) is -1.05. The van der Waals surface area contributed by atoms with Crippen molar-refractivity contribution < 1.29 is 24.4 Å². The molecule has 0 bridgehead atoms. The number of hydrogen-bond donors (Lipinski definition) is 2. The summed E-state index contributed by atoms with van der Waals surface area (Å²) in [7, 11) is 0. The summed E-state index contributed by atoms with van der Waals surface area (Å²) in [6, 6.07) is 11.4. The Kier molecular flexibility index (Phi) is 5.99. The molecule has 0 aromatic heterocycles. The smallest absolute Gasteiger partial charge is 0.268 e. The Morgan fingerprint density at radius 2 is 1.42 bits per heavy atom. The van der Waals surface area contributed by atoms with Crippen LogP contribution in [0.3, 0.4) is 0 Å². The van der Waals surface area contributed by atoms with E-state index in [0.29, 0.717) is 5.56 Å². The summed E-state index contributed by atoms with van der Waals surface area (Å²) in [5.74, 6) is -1.24. The van der Waals surface area contributed by atoms with Gasteiger partial charge in [0, 0.05) is 0 Å². The zero-order valence-electron chi connectivity index (χ0n) is 14.8. The molecule has 2 aromatic rings. The first-order valence-electron chi connectivity index (χ1n) is 8.35. The van der Waals surface area contributed by atoms with E-state index in [2.05, 4.69) is 0 Å². The van der Waals surface area contributed by atoms with Crippen molar-refractivity contribution in [1.29, 1.82) is 0 Å². The zero-order chi connectivity index (χ0) is 23.0. The van der Waals surface area contributed by atoms with E-state index in [0.717, 1.165) is 0 Å². The quantitative estimate of drug-likeness (QED) is 0.217. The first-order valence-corrected chi connectivity index (χ1v) is 11.4. The second kappa shape index (κ2) is 7.62. The number of phenolic OH excluding ortho intramolecular Hbond substituents is 2. The van der Waals surface area contributed by atoms with Crippen LogP contribution in [-0.2, 0) is 19.3 Å². The Hall–Kier alpha value is 0.240. The van der Waals surface area contributed by atoms with E-state index >= 15 is 0 Å². The molecule has 0 saturated carbocycles. The van der Waals surface area contributed by atoms with Gasteiger partial charge in [0.2, 0.25) is 15.2 Å². The van der Waals surface area contributed by atoms with Crippen LogP contribution in [0.1, 0.15) is 5.56 Å². The Morgan fingerprint density at radius 3 is 1.90 bits per heavy atom. The number of ether oxygens (including phenoxy) is 3. The summed E-state index contributed by atoms with van der Waals surface area (Å²) < 4.78 is 12.0. The fraction of sp³-hybridized carbons (Fsp3) is 0.333. The van der Waals surface area contributed by atoms with Crippen LogP contribution in [0.4, 0.5) is 0 Å². The molecule has 4 rings (SSSR count). The monoisotopic (exact) mass is 586 g/mol. The van der Waals surface area contributed by atoms with Gasteiger partial charge in [0.15, 0.2) is 17.1 Å². The van der Waals surface area contributed by atoms with E-state index in [1.54, 1.807) is 30.3 Å². The molecule has 0 amide bonds. The van der Waals surface area contributed by atoms with Crippen molar-refractivity contribution in [2.75, 3.05) is 0 Å². The van der Waals surface area contributed by atoms with Gasteiger partial charge in [-0.3, -0.25) is 0 Å². The van der Waals surface area contributed by atoms with E-state index < -0.39 is 41.3 Å². The lowest BCUT2D eigenvalue weighted by Gasteiger charge is -2.35. The number of phenols is 2. The molecule has 0 aliphatic carbocycles. The molecule has 31 heavy (non-hydrogen) atoms. The fourth-order valence-corrected chi connectivity index (χ4v) is 5.57. The molecule has 0 spiro atoms. The third-order valence-electron chi connectivity index (χ3n) is 4.77. The van der Waals surface area contributed by atoms with Crippen molar-refractivity contribution >= 4 is 92.8 Å². The van der Waals surface area contributed by atoms with E-state index in [-0.39, 0.29) is 11.1 Å². The summed E-state index contributed by atoms with van der Waals surface area (Å²) in [5, 5.41) is 14.4. The zero-order valence-corrected chi connectivity index (χ0v) is 20.8. The van der Waals surface area contributed by atoms with Gasteiger partial charge in [-0.25, -0.2) is 0 Å². The summed E-state index contributed by atoms with van der Waals surface area (Å²) >= 11 is 49.7. The van der Waals surface area contributed by atoms with Crippen LogP contribution in [0, 0.1) is 0 Å². The van der Waals surface area contributed by atoms with E-state index in [9.17, 15) is 10.2 Å². The minimum atomic E-state index is -2.43. The van der Waals surface area contributed by atoms with Gasteiger partial charge in [-0.15, -0.1) is 0 Å². The van der Waals surface area contributed by atoms with Crippen molar-refractivity contribution in [2.24, 2.45) is 0 Å². The van der Waals surface area contributed by atoms with Crippen molar-refractivity contribution in [3.63, 3.8) is 0 Å². The second-order valence-corrected chi connectivity index (χ2v) is 11.3. The van der Waals surface area contributed by atoms with Gasteiger partial charge in [-0.2, -0.15) is 0 Å².